The first-order valence-electron chi connectivity index (χ1n) is 15.9. The molecular weight excluding hydrogens is 607 g/mol. The minimum atomic E-state index is 0.606. The van der Waals surface area contributed by atoms with Gasteiger partial charge in [-0.2, -0.15) is 0 Å². The average Bonchev–Trinajstić information content (AvgIpc) is 3.72. The molecule has 5 heteroatoms. The third-order valence-corrected chi connectivity index (χ3v) is 10.2. The Labute approximate surface area is 279 Å². The first-order chi connectivity index (χ1) is 23.7. The predicted molar refractivity (Wildman–Crippen MR) is 199 cm³/mol. The number of para-hydroxylation sites is 1. The Morgan fingerprint density at radius 2 is 1.08 bits per heavy atom. The molecule has 0 atom stereocenters. The molecule has 0 saturated heterocycles. The molecule has 0 unspecified atom stereocenters. The van der Waals surface area contributed by atoms with Crippen LogP contribution in [0.25, 0.3) is 98.2 Å². The van der Waals surface area contributed by atoms with Gasteiger partial charge in [0.05, 0.1) is 0 Å². The maximum atomic E-state index is 6.50. The normalized spacial score (nSPS) is 11.8. The fraction of sp³-hybridized carbons (Fsp3) is 0. The van der Waals surface area contributed by atoms with Gasteiger partial charge in [0, 0.05) is 47.6 Å². The summed E-state index contributed by atoms with van der Waals surface area (Å²) in [6.45, 7) is 0. The Bertz CT molecular complexity index is 2850. The monoisotopic (exact) mass is 631 g/mol. The molecule has 3 aromatic heterocycles. The number of furan rings is 1. The lowest BCUT2D eigenvalue weighted by atomic mass is 9.96. The number of benzene rings is 7. The summed E-state index contributed by atoms with van der Waals surface area (Å²) in [7, 11) is 0. The highest BCUT2D eigenvalue weighted by molar-refractivity contribution is 7.25. The van der Waals surface area contributed by atoms with Gasteiger partial charge in [-0.25, -0.2) is 15.0 Å². The molecule has 7 aromatic carbocycles. The van der Waals surface area contributed by atoms with Crippen molar-refractivity contribution in [1.82, 2.24) is 15.0 Å². The van der Waals surface area contributed by atoms with Gasteiger partial charge in [-0.15, -0.1) is 11.3 Å². The van der Waals surface area contributed by atoms with Crippen LogP contribution in [0.4, 0.5) is 0 Å². The van der Waals surface area contributed by atoms with Crippen LogP contribution in [0.1, 0.15) is 0 Å². The summed E-state index contributed by atoms with van der Waals surface area (Å²) in [6, 6.07) is 52.8. The van der Waals surface area contributed by atoms with Crippen molar-refractivity contribution in [1.29, 1.82) is 0 Å². The Hall–Kier alpha value is -6.17. The van der Waals surface area contributed by atoms with Crippen molar-refractivity contribution in [3.05, 3.63) is 152 Å². The van der Waals surface area contributed by atoms with E-state index in [-0.39, 0.29) is 0 Å². The van der Waals surface area contributed by atoms with Crippen LogP contribution in [-0.4, -0.2) is 15.0 Å². The molecule has 48 heavy (non-hydrogen) atoms. The zero-order valence-corrected chi connectivity index (χ0v) is 26.4. The van der Waals surface area contributed by atoms with Crippen molar-refractivity contribution >= 4 is 64.2 Å². The van der Waals surface area contributed by atoms with Gasteiger partial charge in [0.2, 0.25) is 0 Å². The Morgan fingerprint density at radius 1 is 0.396 bits per heavy atom. The summed E-state index contributed by atoms with van der Waals surface area (Å²) in [5.74, 6) is 1.87. The van der Waals surface area contributed by atoms with E-state index in [4.69, 9.17) is 19.4 Å². The summed E-state index contributed by atoms with van der Waals surface area (Å²) >= 11 is 1.79. The first kappa shape index (κ1) is 27.0. The third kappa shape index (κ3) is 4.40. The molecule has 0 bridgehead atoms. The number of nitrogens with zero attached hydrogens (tertiary/aromatic N) is 3. The maximum Gasteiger partial charge on any atom is 0.164 e. The topological polar surface area (TPSA) is 51.8 Å². The molecule has 0 N–H and O–H groups in total. The maximum absolute atomic E-state index is 6.50. The van der Waals surface area contributed by atoms with E-state index in [2.05, 4.69) is 103 Å². The predicted octanol–water partition coefficient (Wildman–Crippen LogP) is 12.0. The quantitative estimate of drug-likeness (QED) is 0.194. The molecule has 0 amide bonds. The number of rotatable bonds is 4. The van der Waals surface area contributed by atoms with Crippen molar-refractivity contribution in [2.24, 2.45) is 0 Å². The van der Waals surface area contributed by atoms with Crippen molar-refractivity contribution in [3.8, 4) is 45.3 Å². The second kappa shape index (κ2) is 10.7. The van der Waals surface area contributed by atoms with Gasteiger partial charge < -0.3 is 4.42 Å². The fourth-order valence-electron chi connectivity index (χ4n) is 6.77. The highest BCUT2D eigenvalue weighted by Gasteiger charge is 2.20. The van der Waals surface area contributed by atoms with Crippen LogP contribution in [0.3, 0.4) is 0 Å². The van der Waals surface area contributed by atoms with Crippen LogP contribution in [0.5, 0.6) is 0 Å². The summed E-state index contributed by atoms with van der Waals surface area (Å²) < 4.78 is 8.98. The molecule has 0 radical (unpaired) electrons. The molecule has 224 valence electrons. The highest BCUT2D eigenvalue weighted by atomic mass is 32.1. The molecule has 0 spiro atoms. The lowest BCUT2D eigenvalue weighted by Crippen LogP contribution is -2.00. The van der Waals surface area contributed by atoms with Crippen molar-refractivity contribution in [3.63, 3.8) is 0 Å². The van der Waals surface area contributed by atoms with E-state index >= 15 is 0 Å². The molecule has 0 fully saturated rings. The SMILES string of the molecule is c1ccc(-c2nc(-c3ccc4c(c3)sc3ccccc34)nc(-c3cc(-c4ccc5ccccc5c4)cc4oc5ccccc5c34)n2)cc1. The van der Waals surface area contributed by atoms with Gasteiger partial charge >= 0.3 is 0 Å². The molecule has 0 aliphatic rings. The standard InChI is InChI=1S/C43H25N3OS/c1-2-11-27(12-3-1)41-44-42(30-20-21-33-32-14-7-9-17-38(32)48-39(33)25-30)46-43(45-41)35-23-31(29-19-18-26-10-4-5-13-28(26)22-29)24-37-40(35)34-15-6-8-16-36(34)47-37/h1-25H. The zero-order valence-electron chi connectivity index (χ0n) is 25.6. The van der Waals surface area contributed by atoms with Gasteiger partial charge in [0.25, 0.3) is 0 Å². The van der Waals surface area contributed by atoms with Crippen molar-refractivity contribution < 1.29 is 4.42 Å². The van der Waals surface area contributed by atoms with E-state index in [1.165, 1.54) is 30.9 Å². The molecule has 10 aromatic rings. The zero-order chi connectivity index (χ0) is 31.6. The van der Waals surface area contributed by atoms with Crippen LogP contribution in [0, 0.1) is 0 Å². The largest absolute Gasteiger partial charge is 0.456 e. The Kier molecular flexibility index (Phi) is 6.01. The van der Waals surface area contributed by atoms with Crippen LogP contribution in [0.15, 0.2) is 156 Å². The van der Waals surface area contributed by atoms with Crippen LogP contribution in [-0.2, 0) is 0 Å². The fourth-order valence-corrected chi connectivity index (χ4v) is 7.92. The molecular formula is C43H25N3OS. The number of fused-ring (bicyclic) bond motifs is 7. The molecule has 0 aliphatic carbocycles. The van der Waals surface area contributed by atoms with Crippen LogP contribution >= 0.6 is 11.3 Å². The minimum Gasteiger partial charge on any atom is -0.456 e. The lowest BCUT2D eigenvalue weighted by Gasteiger charge is -2.11. The molecule has 3 heterocycles. The second-order valence-corrected chi connectivity index (χ2v) is 13.1. The van der Waals surface area contributed by atoms with Gasteiger partial charge in [0.1, 0.15) is 11.2 Å². The van der Waals surface area contributed by atoms with Crippen molar-refractivity contribution in [2.45, 2.75) is 0 Å². The van der Waals surface area contributed by atoms with E-state index in [1.54, 1.807) is 11.3 Å². The summed E-state index contributed by atoms with van der Waals surface area (Å²) in [6.07, 6.45) is 0. The number of aromatic nitrogens is 3. The van der Waals surface area contributed by atoms with E-state index < -0.39 is 0 Å². The smallest absolute Gasteiger partial charge is 0.164 e. The summed E-state index contributed by atoms with van der Waals surface area (Å²) in [5, 5.41) is 6.92. The highest BCUT2D eigenvalue weighted by Crippen LogP contribution is 2.41. The van der Waals surface area contributed by atoms with E-state index in [9.17, 15) is 0 Å². The second-order valence-electron chi connectivity index (χ2n) is 12.0. The van der Waals surface area contributed by atoms with Gasteiger partial charge in [-0.05, 0) is 58.3 Å². The summed E-state index contributed by atoms with van der Waals surface area (Å²) in [5.41, 5.74) is 6.56. The molecule has 0 aliphatic heterocycles. The summed E-state index contributed by atoms with van der Waals surface area (Å²) in [4.78, 5) is 15.4. The van der Waals surface area contributed by atoms with E-state index in [0.29, 0.717) is 17.5 Å². The number of thiophene rings is 1. The van der Waals surface area contributed by atoms with Gasteiger partial charge in [-0.1, -0.05) is 115 Å². The van der Waals surface area contributed by atoms with Crippen molar-refractivity contribution in [2.75, 3.05) is 0 Å². The first-order valence-corrected chi connectivity index (χ1v) is 16.7. The molecule has 4 nitrogen and oxygen atoms in total. The Balaban J connectivity index is 1.24. The van der Waals surface area contributed by atoms with E-state index in [1.807, 2.05) is 48.5 Å². The average molecular weight is 632 g/mol. The Morgan fingerprint density at radius 3 is 1.98 bits per heavy atom. The number of hydrogen-bond acceptors (Lipinski definition) is 5. The van der Waals surface area contributed by atoms with Gasteiger partial charge in [0.15, 0.2) is 17.5 Å². The van der Waals surface area contributed by atoms with Crippen LogP contribution in [0.2, 0.25) is 0 Å². The van der Waals surface area contributed by atoms with E-state index in [0.717, 1.165) is 49.8 Å². The molecule has 10 rings (SSSR count). The van der Waals surface area contributed by atoms with Gasteiger partial charge in [-0.3, -0.25) is 0 Å². The third-order valence-electron chi connectivity index (χ3n) is 9.11. The molecule has 0 saturated carbocycles. The number of hydrogen-bond donors (Lipinski definition) is 0. The lowest BCUT2D eigenvalue weighted by molar-refractivity contribution is 0.669. The van der Waals surface area contributed by atoms with Crippen LogP contribution < -0.4 is 0 Å². The minimum absolute atomic E-state index is 0.606.